The molecular formula is C15H10BrN3O2. The highest BCUT2D eigenvalue weighted by molar-refractivity contribution is 9.10. The summed E-state index contributed by atoms with van der Waals surface area (Å²) in [6, 6.07) is 12.7. The van der Waals surface area contributed by atoms with E-state index >= 15 is 0 Å². The summed E-state index contributed by atoms with van der Waals surface area (Å²) >= 11 is 3.38. The van der Waals surface area contributed by atoms with Crippen molar-refractivity contribution >= 4 is 21.9 Å². The molecule has 1 N–H and O–H groups in total. The van der Waals surface area contributed by atoms with Crippen molar-refractivity contribution in [2.75, 3.05) is 0 Å². The number of nitrogens with zero attached hydrogens (tertiary/aromatic N) is 3. The minimum Gasteiger partial charge on any atom is -0.478 e. The molecule has 0 bridgehead atoms. The van der Waals surface area contributed by atoms with Gasteiger partial charge in [0.25, 0.3) is 0 Å². The summed E-state index contributed by atoms with van der Waals surface area (Å²) in [6.07, 6.45) is 3.11. The highest BCUT2D eigenvalue weighted by Gasteiger charge is 2.18. The lowest BCUT2D eigenvalue weighted by molar-refractivity contribution is 0.0697. The lowest BCUT2D eigenvalue weighted by atomic mass is 10.1. The molecule has 0 saturated heterocycles. The molecule has 0 radical (unpaired) electrons. The number of carboxylic acid groups (broad SMARTS) is 1. The smallest absolute Gasteiger partial charge is 0.339 e. The second kappa shape index (κ2) is 5.49. The van der Waals surface area contributed by atoms with Crippen LogP contribution in [0.5, 0.6) is 0 Å². The van der Waals surface area contributed by atoms with Gasteiger partial charge in [-0.2, -0.15) is 5.10 Å². The van der Waals surface area contributed by atoms with Gasteiger partial charge in [-0.15, -0.1) is 0 Å². The molecule has 104 valence electrons. The van der Waals surface area contributed by atoms with E-state index in [1.165, 1.54) is 10.9 Å². The van der Waals surface area contributed by atoms with Gasteiger partial charge in [0.15, 0.2) is 5.82 Å². The second-order valence-corrected chi connectivity index (χ2v) is 5.26. The molecule has 1 aromatic carbocycles. The Morgan fingerprint density at radius 3 is 2.71 bits per heavy atom. The number of benzene rings is 1. The van der Waals surface area contributed by atoms with Crippen LogP contribution in [-0.2, 0) is 0 Å². The summed E-state index contributed by atoms with van der Waals surface area (Å²) in [6.45, 7) is 0. The first-order valence-electron chi connectivity index (χ1n) is 6.15. The van der Waals surface area contributed by atoms with Crippen molar-refractivity contribution in [1.29, 1.82) is 0 Å². The van der Waals surface area contributed by atoms with Crippen molar-refractivity contribution in [3.05, 3.63) is 64.9 Å². The molecule has 0 saturated carbocycles. The third-order valence-electron chi connectivity index (χ3n) is 2.93. The summed E-state index contributed by atoms with van der Waals surface area (Å²) < 4.78 is 2.34. The maximum atomic E-state index is 11.4. The molecule has 0 aliphatic heterocycles. The predicted molar refractivity (Wildman–Crippen MR) is 81.5 cm³/mol. The molecule has 6 heteroatoms. The van der Waals surface area contributed by atoms with Gasteiger partial charge >= 0.3 is 5.97 Å². The van der Waals surface area contributed by atoms with Crippen LogP contribution in [0, 0.1) is 0 Å². The SMILES string of the molecule is O=C(O)c1cn(-c2ccccn2)nc1-c1cccc(Br)c1. The Bertz CT molecular complexity index is 800. The molecule has 0 unspecified atom stereocenters. The average molecular weight is 344 g/mol. The van der Waals surface area contributed by atoms with Crippen molar-refractivity contribution in [3.8, 4) is 17.1 Å². The fourth-order valence-corrected chi connectivity index (χ4v) is 2.39. The van der Waals surface area contributed by atoms with Crippen molar-refractivity contribution in [3.63, 3.8) is 0 Å². The number of halogens is 1. The van der Waals surface area contributed by atoms with E-state index in [1.807, 2.05) is 30.3 Å². The fraction of sp³-hybridized carbons (Fsp3) is 0. The summed E-state index contributed by atoms with van der Waals surface area (Å²) in [5, 5.41) is 13.7. The number of aromatic nitrogens is 3. The van der Waals surface area contributed by atoms with Gasteiger partial charge in [-0.3, -0.25) is 0 Å². The van der Waals surface area contributed by atoms with E-state index in [2.05, 4.69) is 26.0 Å². The highest BCUT2D eigenvalue weighted by Crippen LogP contribution is 2.25. The molecule has 0 aliphatic rings. The number of aromatic carboxylic acids is 1. The summed E-state index contributed by atoms with van der Waals surface area (Å²) in [5.74, 6) is -0.451. The highest BCUT2D eigenvalue weighted by atomic mass is 79.9. The van der Waals surface area contributed by atoms with Crippen LogP contribution in [0.4, 0.5) is 0 Å². The first-order chi connectivity index (χ1) is 10.1. The van der Waals surface area contributed by atoms with Gasteiger partial charge in [-0.25, -0.2) is 14.5 Å². The van der Waals surface area contributed by atoms with Crippen LogP contribution in [0.3, 0.4) is 0 Å². The quantitative estimate of drug-likeness (QED) is 0.791. The van der Waals surface area contributed by atoms with Crippen LogP contribution in [-0.4, -0.2) is 25.8 Å². The number of hydrogen-bond acceptors (Lipinski definition) is 3. The van der Waals surface area contributed by atoms with Gasteiger partial charge in [0.2, 0.25) is 0 Å². The van der Waals surface area contributed by atoms with E-state index in [-0.39, 0.29) is 5.56 Å². The van der Waals surface area contributed by atoms with Gasteiger partial charge in [0.05, 0.1) is 0 Å². The van der Waals surface area contributed by atoms with Crippen LogP contribution >= 0.6 is 15.9 Å². The molecule has 0 fully saturated rings. The van der Waals surface area contributed by atoms with E-state index in [0.29, 0.717) is 11.5 Å². The Morgan fingerprint density at radius 1 is 1.19 bits per heavy atom. The normalized spacial score (nSPS) is 10.5. The van der Waals surface area contributed by atoms with Gasteiger partial charge in [0, 0.05) is 22.4 Å². The Hall–Kier alpha value is -2.47. The molecule has 0 spiro atoms. The maximum absolute atomic E-state index is 11.4. The maximum Gasteiger partial charge on any atom is 0.339 e. The van der Waals surface area contributed by atoms with Gasteiger partial charge in [-0.05, 0) is 24.3 Å². The monoisotopic (exact) mass is 343 g/mol. The fourth-order valence-electron chi connectivity index (χ4n) is 1.99. The van der Waals surface area contributed by atoms with Gasteiger partial charge < -0.3 is 5.11 Å². The van der Waals surface area contributed by atoms with Crippen LogP contribution < -0.4 is 0 Å². The molecule has 2 aromatic heterocycles. The lowest BCUT2D eigenvalue weighted by Gasteiger charge is -2.00. The standard InChI is InChI=1S/C15H10BrN3O2/c16-11-5-3-4-10(8-11)14-12(15(20)21)9-19(18-14)13-6-1-2-7-17-13/h1-9H,(H,20,21). The molecule has 0 aliphatic carbocycles. The van der Waals surface area contributed by atoms with Crippen molar-refractivity contribution < 1.29 is 9.90 Å². The van der Waals surface area contributed by atoms with Gasteiger partial charge in [-0.1, -0.05) is 34.1 Å². The van der Waals surface area contributed by atoms with E-state index in [4.69, 9.17) is 0 Å². The first-order valence-corrected chi connectivity index (χ1v) is 6.95. The topological polar surface area (TPSA) is 68.0 Å². The van der Waals surface area contributed by atoms with Crippen LogP contribution in [0.1, 0.15) is 10.4 Å². The summed E-state index contributed by atoms with van der Waals surface area (Å²) in [4.78, 5) is 15.6. The lowest BCUT2D eigenvalue weighted by Crippen LogP contribution is -1.97. The molecule has 3 rings (SSSR count). The number of hydrogen-bond donors (Lipinski definition) is 1. The van der Waals surface area contributed by atoms with Crippen molar-refractivity contribution in [2.24, 2.45) is 0 Å². The Labute approximate surface area is 129 Å². The first kappa shape index (κ1) is 13.5. The van der Waals surface area contributed by atoms with Gasteiger partial charge in [0.1, 0.15) is 11.3 Å². The number of carbonyl (C=O) groups is 1. The number of rotatable bonds is 3. The zero-order valence-electron chi connectivity index (χ0n) is 10.8. The van der Waals surface area contributed by atoms with Crippen LogP contribution in [0.25, 0.3) is 17.1 Å². The third-order valence-corrected chi connectivity index (χ3v) is 3.42. The largest absolute Gasteiger partial charge is 0.478 e. The third kappa shape index (κ3) is 2.71. The molecule has 2 heterocycles. The molecule has 0 atom stereocenters. The zero-order chi connectivity index (χ0) is 14.8. The predicted octanol–water partition coefficient (Wildman–Crippen LogP) is 3.40. The van der Waals surface area contributed by atoms with E-state index in [0.717, 1.165) is 10.0 Å². The molecule has 21 heavy (non-hydrogen) atoms. The number of carboxylic acids is 1. The van der Waals surface area contributed by atoms with Crippen LogP contribution in [0.15, 0.2) is 59.3 Å². The Balaban J connectivity index is 2.16. The minimum absolute atomic E-state index is 0.138. The zero-order valence-corrected chi connectivity index (χ0v) is 12.4. The van der Waals surface area contributed by atoms with E-state index < -0.39 is 5.97 Å². The van der Waals surface area contributed by atoms with Crippen LogP contribution in [0.2, 0.25) is 0 Å². The molecule has 0 amide bonds. The Morgan fingerprint density at radius 2 is 2.05 bits per heavy atom. The number of pyridine rings is 1. The van der Waals surface area contributed by atoms with Crippen molar-refractivity contribution in [2.45, 2.75) is 0 Å². The van der Waals surface area contributed by atoms with E-state index in [1.54, 1.807) is 18.3 Å². The summed E-state index contributed by atoms with van der Waals surface area (Å²) in [7, 11) is 0. The molecule has 5 nitrogen and oxygen atoms in total. The minimum atomic E-state index is -1.02. The molecule has 3 aromatic rings. The average Bonchev–Trinajstić information content (AvgIpc) is 2.93. The van der Waals surface area contributed by atoms with Crippen molar-refractivity contribution in [1.82, 2.24) is 14.8 Å². The Kier molecular flexibility index (Phi) is 3.53. The summed E-state index contributed by atoms with van der Waals surface area (Å²) in [5.41, 5.74) is 1.28. The second-order valence-electron chi connectivity index (χ2n) is 4.34. The van der Waals surface area contributed by atoms with E-state index in [9.17, 15) is 9.90 Å². The molecular weight excluding hydrogens is 334 g/mol.